The maximum atomic E-state index is 11.6. The van der Waals surface area contributed by atoms with Crippen LogP contribution in [-0.4, -0.2) is 19.2 Å². The summed E-state index contributed by atoms with van der Waals surface area (Å²) in [4.78, 5) is 11.6. The number of carbonyl (C=O) groups is 1. The Bertz CT molecular complexity index is 414. The summed E-state index contributed by atoms with van der Waals surface area (Å²) in [5, 5.41) is 9.05. The number of carbonyl (C=O) groups excluding carboxylic acids is 1. The number of hydrogen-bond acceptors (Lipinski definition) is 4. The third-order valence-corrected chi connectivity index (χ3v) is 2.79. The molecule has 0 aromatic rings. The molecule has 1 unspecified atom stereocenters. The average molecular weight is 219 g/mol. The number of rotatable bonds is 2. The van der Waals surface area contributed by atoms with Gasteiger partial charge in [-0.3, -0.25) is 0 Å². The minimum atomic E-state index is -0.343. The lowest BCUT2D eigenvalue weighted by Gasteiger charge is -2.17. The van der Waals surface area contributed by atoms with Crippen molar-refractivity contribution in [1.82, 2.24) is 0 Å². The first-order valence-corrected chi connectivity index (χ1v) is 5.39. The molecule has 0 saturated heterocycles. The summed E-state index contributed by atoms with van der Waals surface area (Å²) in [6, 6.07) is 2.22. The Labute approximate surface area is 94.1 Å². The van der Waals surface area contributed by atoms with E-state index in [0.717, 1.165) is 12.0 Å². The highest BCUT2D eigenvalue weighted by atomic mass is 16.5. The van der Waals surface area contributed by atoms with Crippen molar-refractivity contribution in [2.24, 2.45) is 5.92 Å². The molecule has 0 spiro atoms. The minimum Gasteiger partial charge on any atom is -0.493 e. The highest BCUT2D eigenvalue weighted by Crippen LogP contribution is 2.36. The van der Waals surface area contributed by atoms with Gasteiger partial charge in [0.25, 0.3) is 0 Å². The topological polar surface area (TPSA) is 59.3 Å². The van der Waals surface area contributed by atoms with Gasteiger partial charge in [0.05, 0.1) is 25.2 Å². The summed E-state index contributed by atoms with van der Waals surface area (Å²) < 4.78 is 10.3. The fourth-order valence-electron chi connectivity index (χ4n) is 2.02. The fourth-order valence-corrected chi connectivity index (χ4v) is 2.02. The Morgan fingerprint density at radius 3 is 3.25 bits per heavy atom. The molecule has 1 atom stereocenters. The van der Waals surface area contributed by atoms with Crippen molar-refractivity contribution in [3.8, 4) is 6.07 Å². The number of ether oxygens (including phenoxy) is 2. The fraction of sp³-hybridized carbons (Fsp3) is 0.500. The van der Waals surface area contributed by atoms with E-state index in [9.17, 15) is 4.79 Å². The molecule has 0 radical (unpaired) electrons. The molecule has 84 valence electrons. The molecule has 0 saturated carbocycles. The molecule has 0 N–H and O–H groups in total. The Hall–Kier alpha value is -1.76. The van der Waals surface area contributed by atoms with Crippen molar-refractivity contribution >= 4 is 5.97 Å². The van der Waals surface area contributed by atoms with Crippen molar-refractivity contribution in [2.75, 3.05) is 13.2 Å². The Morgan fingerprint density at radius 2 is 2.56 bits per heavy atom. The van der Waals surface area contributed by atoms with Crippen molar-refractivity contribution in [3.05, 3.63) is 23.0 Å². The van der Waals surface area contributed by atoms with Gasteiger partial charge in [0.1, 0.15) is 5.76 Å². The predicted molar refractivity (Wildman–Crippen MR) is 56.0 cm³/mol. The monoisotopic (exact) mass is 219 g/mol. The number of nitriles is 1. The third-order valence-electron chi connectivity index (χ3n) is 2.79. The van der Waals surface area contributed by atoms with Crippen LogP contribution in [0.5, 0.6) is 0 Å². The highest BCUT2D eigenvalue weighted by Gasteiger charge is 2.31. The lowest BCUT2D eigenvalue weighted by atomic mass is 9.86. The molecule has 2 rings (SSSR count). The van der Waals surface area contributed by atoms with Gasteiger partial charge in [0, 0.05) is 12.0 Å². The van der Waals surface area contributed by atoms with E-state index in [1.54, 1.807) is 13.0 Å². The molecule has 0 fully saturated rings. The van der Waals surface area contributed by atoms with Crippen LogP contribution in [0.15, 0.2) is 23.0 Å². The van der Waals surface area contributed by atoms with E-state index in [0.29, 0.717) is 31.0 Å². The van der Waals surface area contributed by atoms with Crippen LogP contribution in [0, 0.1) is 17.2 Å². The number of nitrogens with zero attached hydrogens (tertiary/aromatic N) is 1. The van der Waals surface area contributed by atoms with Crippen LogP contribution in [-0.2, 0) is 14.3 Å². The van der Waals surface area contributed by atoms with Crippen molar-refractivity contribution in [2.45, 2.75) is 19.8 Å². The highest BCUT2D eigenvalue weighted by molar-refractivity contribution is 5.89. The molecule has 0 amide bonds. The molecule has 4 nitrogen and oxygen atoms in total. The third kappa shape index (κ3) is 1.81. The van der Waals surface area contributed by atoms with Gasteiger partial charge in [-0.2, -0.15) is 5.26 Å². The van der Waals surface area contributed by atoms with E-state index in [1.807, 2.05) is 0 Å². The van der Waals surface area contributed by atoms with Gasteiger partial charge in [0.2, 0.25) is 0 Å². The summed E-state index contributed by atoms with van der Waals surface area (Å²) in [6.07, 6.45) is 2.95. The van der Waals surface area contributed by atoms with Crippen LogP contribution < -0.4 is 0 Å². The SMILES string of the molecule is CCOC(=O)C1=CC2=C(CCO2)C(C#N)C1. The van der Waals surface area contributed by atoms with Crippen LogP contribution in [0.1, 0.15) is 19.8 Å². The zero-order chi connectivity index (χ0) is 11.5. The van der Waals surface area contributed by atoms with Gasteiger partial charge >= 0.3 is 5.97 Å². The second-order valence-corrected chi connectivity index (χ2v) is 3.76. The summed E-state index contributed by atoms with van der Waals surface area (Å²) >= 11 is 0. The van der Waals surface area contributed by atoms with Gasteiger partial charge in [-0.1, -0.05) is 0 Å². The minimum absolute atomic E-state index is 0.234. The van der Waals surface area contributed by atoms with E-state index < -0.39 is 0 Å². The zero-order valence-electron chi connectivity index (χ0n) is 9.16. The Balaban J connectivity index is 2.24. The van der Waals surface area contributed by atoms with Crippen LogP contribution in [0.4, 0.5) is 0 Å². The van der Waals surface area contributed by atoms with E-state index in [2.05, 4.69) is 6.07 Å². The standard InChI is InChI=1S/C12H13NO3/c1-2-15-12(14)8-5-9(7-13)10-3-4-16-11(10)6-8/h6,9H,2-5H2,1H3. The maximum absolute atomic E-state index is 11.6. The Kier molecular flexibility index (Phi) is 2.95. The van der Waals surface area contributed by atoms with E-state index >= 15 is 0 Å². The lowest BCUT2D eigenvalue weighted by molar-refractivity contribution is -0.138. The quantitative estimate of drug-likeness (QED) is 0.663. The zero-order valence-corrected chi connectivity index (χ0v) is 9.16. The van der Waals surface area contributed by atoms with Gasteiger partial charge in [-0.15, -0.1) is 0 Å². The molecule has 4 heteroatoms. The smallest absolute Gasteiger partial charge is 0.334 e. The molecule has 2 aliphatic rings. The molecule has 16 heavy (non-hydrogen) atoms. The molecular formula is C12H13NO3. The molecule has 0 aromatic heterocycles. The second kappa shape index (κ2) is 4.40. The van der Waals surface area contributed by atoms with Crippen molar-refractivity contribution in [1.29, 1.82) is 5.26 Å². The first kappa shape index (κ1) is 10.7. The van der Waals surface area contributed by atoms with Crippen molar-refractivity contribution < 1.29 is 14.3 Å². The van der Waals surface area contributed by atoms with Crippen LogP contribution in [0.2, 0.25) is 0 Å². The molecule has 1 heterocycles. The number of esters is 1. The van der Waals surface area contributed by atoms with Crippen molar-refractivity contribution in [3.63, 3.8) is 0 Å². The lowest BCUT2D eigenvalue weighted by Crippen LogP contribution is -2.16. The molecule has 1 aliphatic carbocycles. The maximum Gasteiger partial charge on any atom is 0.334 e. The largest absolute Gasteiger partial charge is 0.493 e. The summed E-state index contributed by atoms with van der Waals surface area (Å²) in [5.74, 6) is 0.118. The molecule has 1 aliphatic heterocycles. The van der Waals surface area contributed by atoms with E-state index in [1.165, 1.54) is 0 Å². The molecular weight excluding hydrogens is 206 g/mol. The predicted octanol–water partition coefficient (Wildman–Crippen LogP) is 1.69. The average Bonchev–Trinajstić information content (AvgIpc) is 2.75. The summed E-state index contributed by atoms with van der Waals surface area (Å²) in [6.45, 7) is 2.72. The van der Waals surface area contributed by atoms with Gasteiger partial charge in [-0.05, 0) is 25.0 Å². The number of hydrogen-bond donors (Lipinski definition) is 0. The van der Waals surface area contributed by atoms with Gasteiger partial charge < -0.3 is 9.47 Å². The number of allylic oxidation sites excluding steroid dienone is 1. The van der Waals surface area contributed by atoms with Crippen LogP contribution >= 0.6 is 0 Å². The second-order valence-electron chi connectivity index (χ2n) is 3.76. The van der Waals surface area contributed by atoms with E-state index in [4.69, 9.17) is 14.7 Å². The summed E-state index contributed by atoms with van der Waals surface area (Å²) in [7, 11) is 0. The Morgan fingerprint density at radius 1 is 1.75 bits per heavy atom. The van der Waals surface area contributed by atoms with E-state index in [-0.39, 0.29) is 11.9 Å². The summed E-state index contributed by atoms with van der Waals surface area (Å²) in [5.41, 5.74) is 1.56. The van der Waals surface area contributed by atoms with Crippen LogP contribution in [0.25, 0.3) is 0 Å². The first-order chi connectivity index (χ1) is 7.76. The van der Waals surface area contributed by atoms with Crippen LogP contribution in [0.3, 0.4) is 0 Å². The van der Waals surface area contributed by atoms with Gasteiger partial charge in [-0.25, -0.2) is 4.79 Å². The normalized spacial score (nSPS) is 23.0. The first-order valence-electron chi connectivity index (χ1n) is 5.39. The molecule has 0 aromatic carbocycles. The molecule has 0 bridgehead atoms. The van der Waals surface area contributed by atoms with Gasteiger partial charge in [0.15, 0.2) is 0 Å².